The number of nitrogens with one attached hydrogen (secondary N) is 1. The molecule has 4 nitrogen and oxygen atoms in total. The number of halogens is 1. The standard InChI is InChI=1S/C18H15ClN2O2/c1-11-7-8-16(23-2)12(9-11)10-15-18(22)21-17(20-15)13-5-3-4-6-14(13)19/h3-10H,1-2H3,(H,20,21,22)/b15-10+. The first-order chi connectivity index (χ1) is 11.1. The van der Waals surface area contributed by atoms with E-state index < -0.39 is 0 Å². The van der Waals surface area contributed by atoms with Gasteiger partial charge in [0.05, 0.1) is 12.1 Å². The van der Waals surface area contributed by atoms with Gasteiger partial charge >= 0.3 is 0 Å². The molecule has 3 rings (SSSR count). The number of benzene rings is 2. The van der Waals surface area contributed by atoms with Crippen LogP contribution in [0.2, 0.25) is 5.02 Å². The summed E-state index contributed by atoms with van der Waals surface area (Å²) in [7, 11) is 1.60. The Morgan fingerprint density at radius 3 is 2.74 bits per heavy atom. The summed E-state index contributed by atoms with van der Waals surface area (Å²) in [6.07, 6.45) is 1.71. The zero-order chi connectivity index (χ0) is 16.4. The van der Waals surface area contributed by atoms with Crippen molar-refractivity contribution in [2.75, 3.05) is 7.11 Å². The normalized spacial score (nSPS) is 15.5. The van der Waals surface area contributed by atoms with Crippen LogP contribution in [0.3, 0.4) is 0 Å². The van der Waals surface area contributed by atoms with Crippen LogP contribution in [0.15, 0.2) is 53.2 Å². The summed E-state index contributed by atoms with van der Waals surface area (Å²) in [5, 5.41) is 3.29. The summed E-state index contributed by atoms with van der Waals surface area (Å²) < 4.78 is 5.33. The number of amides is 1. The van der Waals surface area contributed by atoms with Crippen molar-refractivity contribution in [2.24, 2.45) is 4.99 Å². The third kappa shape index (κ3) is 3.12. The Kier molecular flexibility index (Phi) is 4.17. The van der Waals surface area contributed by atoms with Gasteiger partial charge in [0.1, 0.15) is 17.3 Å². The van der Waals surface area contributed by atoms with Gasteiger partial charge in [0.25, 0.3) is 5.91 Å². The highest BCUT2D eigenvalue weighted by molar-refractivity contribution is 6.35. The molecule has 116 valence electrons. The second kappa shape index (κ2) is 6.26. The number of hydrogen-bond donors (Lipinski definition) is 1. The monoisotopic (exact) mass is 326 g/mol. The van der Waals surface area contributed by atoms with Gasteiger partial charge < -0.3 is 10.1 Å². The molecule has 0 aromatic heterocycles. The topological polar surface area (TPSA) is 50.7 Å². The lowest BCUT2D eigenvalue weighted by Gasteiger charge is -2.05. The molecule has 2 aromatic rings. The Morgan fingerprint density at radius 2 is 2.00 bits per heavy atom. The lowest BCUT2D eigenvalue weighted by molar-refractivity contribution is -0.115. The van der Waals surface area contributed by atoms with E-state index in [1.165, 1.54) is 0 Å². The van der Waals surface area contributed by atoms with Crippen molar-refractivity contribution in [3.8, 4) is 5.75 Å². The molecule has 23 heavy (non-hydrogen) atoms. The summed E-state index contributed by atoms with van der Waals surface area (Å²) in [6, 6.07) is 13.0. The smallest absolute Gasteiger partial charge is 0.275 e. The maximum absolute atomic E-state index is 12.2. The lowest BCUT2D eigenvalue weighted by atomic mass is 10.1. The van der Waals surface area contributed by atoms with Crippen LogP contribution < -0.4 is 10.1 Å². The van der Waals surface area contributed by atoms with Gasteiger partial charge in [-0.1, -0.05) is 35.4 Å². The van der Waals surface area contributed by atoms with Crippen molar-refractivity contribution < 1.29 is 9.53 Å². The Morgan fingerprint density at radius 1 is 1.22 bits per heavy atom. The molecule has 0 atom stereocenters. The molecule has 1 heterocycles. The Labute approximate surface area is 139 Å². The third-order valence-corrected chi connectivity index (χ3v) is 3.83. The van der Waals surface area contributed by atoms with Crippen LogP contribution in [0.1, 0.15) is 16.7 Å². The van der Waals surface area contributed by atoms with E-state index in [1.807, 2.05) is 43.3 Å². The lowest BCUT2D eigenvalue weighted by Crippen LogP contribution is -2.24. The second-order valence-electron chi connectivity index (χ2n) is 5.17. The molecule has 0 unspecified atom stereocenters. The average molecular weight is 327 g/mol. The molecular formula is C18H15ClN2O2. The fourth-order valence-corrected chi connectivity index (χ4v) is 2.59. The van der Waals surface area contributed by atoms with E-state index in [9.17, 15) is 4.79 Å². The summed E-state index contributed by atoms with van der Waals surface area (Å²) >= 11 is 6.16. The number of aliphatic imine (C=N–C) groups is 1. The molecule has 0 fully saturated rings. The molecule has 2 aromatic carbocycles. The van der Waals surface area contributed by atoms with Gasteiger partial charge in [-0.05, 0) is 37.3 Å². The molecule has 1 aliphatic rings. The van der Waals surface area contributed by atoms with E-state index in [0.717, 1.165) is 11.1 Å². The van der Waals surface area contributed by atoms with Gasteiger partial charge in [-0.15, -0.1) is 0 Å². The number of carbonyl (C=O) groups excluding carboxylic acids is 1. The quantitative estimate of drug-likeness (QED) is 0.877. The molecule has 1 N–H and O–H groups in total. The third-order valence-electron chi connectivity index (χ3n) is 3.50. The molecule has 0 saturated heterocycles. The van der Waals surface area contributed by atoms with Crippen LogP contribution in [0.5, 0.6) is 5.75 Å². The summed E-state index contributed by atoms with van der Waals surface area (Å²) in [4.78, 5) is 16.6. The van der Waals surface area contributed by atoms with Gasteiger partial charge in [-0.3, -0.25) is 4.79 Å². The number of aryl methyl sites for hydroxylation is 1. The highest BCUT2D eigenvalue weighted by Gasteiger charge is 2.22. The number of amidine groups is 1. The van der Waals surface area contributed by atoms with Crippen molar-refractivity contribution >= 4 is 29.4 Å². The zero-order valence-corrected chi connectivity index (χ0v) is 13.5. The molecule has 5 heteroatoms. The Hall–Kier alpha value is -2.59. The highest BCUT2D eigenvalue weighted by atomic mass is 35.5. The van der Waals surface area contributed by atoms with E-state index >= 15 is 0 Å². The maximum Gasteiger partial charge on any atom is 0.275 e. The fraction of sp³-hybridized carbons (Fsp3) is 0.111. The van der Waals surface area contributed by atoms with Crippen LogP contribution in [-0.4, -0.2) is 18.9 Å². The molecule has 0 saturated carbocycles. The van der Waals surface area contributed by atoms with Gasteiger partial charge in [-0.25, -0.2) is 4.99 Å². The van der Waals surface area contributed by atoms with Crippen molar-refractivity contribution in [1.29, 1.82) is 0 Å². The molecular weight excluding hydrogens is 312 g/mol. The molecule has 1 amide bonds. The molecule has 1 aliphatic heterocycles. The van der Waals surface area contributed by atoms with Crippen molar-refractivity contribution in [1.82, 2.24) is 5.32 Å². The van der Waals surface area contributed by atoms with Gasteiger partial charge in [0.2, 0.25) is 0 Å². The molecule has 0 radical (unpaired) electrons. The van der Waals surface area contributed by atoms with Crippen LogP contribution >= 0.6 is 11.6 Å². The van der Waals surface area contributed by atoms with Gasteiger partial charge in [0, 0.05) is 11.1 Å². The predicted molar refractivity (Wildman–Crippen MR) is 91.8 cm³/mol. The highest BCUT2D eigenvalue weighted by Crippen LogP contribution is 2.25. The van der Waals surface area contributed by atoms with Crippen LogP contribution in [0.25, 0.3) is 6.08 Å². The summed E-state index contributed by atoms with van der Waals surface area (Å²) in [5.74, 6) is 0.888. The predicted octanol–water partition coefficient (Wildman–Crippen LogP) is 3.57. The van der Waals surface area contributed by atoms with E-state index in [0.29, 0.717) is 27.9 Å². The minimum Gasteiger partial charge on any atom is -0.496 e. The van der Waals surface area contributed by atoms with Crippen molar-refractivity contribution in [2.45, 2.75) is 6.92 Å². The molecule has 0 aliphatic carbocycles. The summed E-state index contributed by atoms with van der Waals surface area (Å²) in [6.45, 7) is 1.98. The van der Waals surface area contributed by atoms with Crippen LogP contribution in [0.4, 0.5) is 0 Å². The van der Waals surface area contributed by atoms with E-state index in [4.69, 9.17) is 16.3 Å². The Balaban J connectivity index is 2.02. The number of ether oxygens (including phenoxy) is 1. The van der Waals surface area contributed by atoms with E-state index in [2.05, 4.69) is 10.3 Å². The SMILES string of the molecule is COc1ccc(C)cc1/C=C1/N=C(c2ccccc2Cl)NC1=O. The van der Waals surface area contributed by atoms with E-state index in [-0.39, 0.29) is 5.91 Å². The van der Waals surface area contributed by atoms with Gasteiger partial charge in [0.15, 0.2) is 0 Å². The molecule has 0 spiro atoms. The average Bonchev–Trinajstić information content (AvgIpc) is 2.89. The van der Waals surface area contributed by atoms with E-state index in [1.54, 1.807) is 19.3 Å². The van der Waals surface area contributed by atoms with Gasteiger partial charge in [-0.2, -0.15) is 0 Å². The first-order valence-electron chi connectivity index (χ1n) is 7.10. The number of carbonyl (C=O) groups is 1. The largest absolute Gasteiger partial charge is 0.496 e. The number of rotatable bonds is 3. The maximum atomic E-state index is 12.2. The minimum atomic E-state index is -0.261. The fourth-order valence-electron chi connectivity index (χ4n) is 2.36. The van der Waals surface area contributed by atoms with Crippen LogP contribution in [-0.2, 0) is 4.79 Å². The van der Waals surface area contributed by atoms with Crippen molar-refractivity contribution in [3.05, 3.63) is 69.9 Å². The molecule has 0 bridgehead atoms. The minimum absolute atomic E-state index is 0.261. The zero-order valence-electron chi connectivity index (χ0n) is 12.8. The number of hydrogen-bond acceptors (Lipinski definition) is 3. The summed E-state index contributed by atoms with van der Waals surface area (Å²) in [5.41, 5.74) is 2.90. The first kappa shape index (κ1) is 15.3. The first-order valence-corrected chi connectivity index (χ1v) is 7.47. The van der Waals surface area contributed by atoms with Crippen molar-refractivity contribution in [3.63, 3.8) is 0 Å². The Bertz CT molecular complexity index is 841. The second-order valence-corrected chi connectivity index (χ2v) is 5.58. The number of nitrogens with zero attached hydrogens (tertiary/aromatic N) is 1. The number of methoxy groups -OCH3 is 1. The van der Waals surface area contributed by atoms with Crippen LogP contribution in [0, 0.1) is 6.92 Å².